The molecule has 2 aromatic rings. The summed E-state index contributed by atoms with van der Waals surface area (Å²) in [4.78, 5) is 28.7. The fourth-order valence-electron chi connectivity index (χ4n) is 2.34. The third-order valence-electron chi connectivity index (χ3n) is 3.96. The molecule has 0 aliphatic carbocycles. The number of benzene rings is 1. The van der Waals surface area contributed by atoms with Crippen LogP contribution in [0.5, 0.6) is 0 Å². The maximum absolute atomic E-state index is 12.3. The first-order valence-corrected chi connectivity index (χ1v) is 9.15. The average molecular weight is 344 g/mol. The second-order valence-corrected chi connectivity index (χ2v) is 7.11. The first-order chi connectivity index (χ1) is 11.4. The van der Waals surface area contributed by atoms with Gasteiger partial charge in [-0.2, -0.15) is 0 Å². The van der Waals surface area contributed by atoms with Crippen molar-refractivity contribution in [1.29, 1.82) is 0 Å². The van der Waals surface area contributed by atoms with Crippen LogP contribution < -0.4 is 5.32 Å². The number of carbonyl (C=O) groups excluding carboxylic acids is 2. The Balaban J connectivity index is 1.96. The van der Waals surface area contributed by atoms with Gasteiger partial charge in [-0.05, 0) is 18.9 Å². The number of Topliss-reactive ketones (excluding diaryl/α,β-unsaturated/α-hetero) is 1. The number of hydrogen-bond acceptors (Lipinski definition) is 4. The molecular weight excluding hydrogens is 320 g/mol. The molecule has 0 spiro atoms. The number of nitrogens with zero attached hydrogens (tertiary/aromatic N) is 1. The van der Waals surface area contributed by atoms with Crippen LogP contribution in [-0.4, -0.2) is 16.7 Å². The second-order valence-electron chi connectivity index (χ2n) is 6.17. The zero-order valence-corrected chi connectivity index (χ0v) is 15.4. The van der Waals surface area contributed by atoms with Gasteiger partial charge in [-0.3, -0.25) is 9.59 Å². The molecule has 24 heavy (non-hydrogen) atoms. The van der Waals surface area contributed by atoms with Crippen molar-refractivity contribution in [3.63, 3.8) is 0 Å². The third kappa shape index (κ3) is 4.51. The second kappa shape index (κ2) is 8.20. The van der Waals surface area contributed by atoms with E-state index in [9.17, 15) is 9.59 Å². The summed E-state index contributed by atoms with van der Waals surface area (Å²) in [6.45, 7) is 8.15. The Morgan fingerprint density at radius 1 is 1.17 bits per heavy atom. The van der Waals surface area contributed by atoms with E-state index in [1.165, 1.54) is 0 Å². The summed E-state index contributed by atoms with van der Waals surface area (Å²) in [5.74, 6) is -0.210. The maximum Gasteiger partial charge on any atom is 0.227 e. The number of hydrogen-bond donors (Lipinski definition) is 1. The molecule has 128 valence electrons. The summed E-state index contributed by atoms with van der Waals surface area (Å²) in [7, 11) is 0. The van der Waals surface area contributed by atoms with E-state index in [2.05, 4.69) is 17.2 Å². The van der Waals surface area contributed by atoms with Gasteiger partial charge in [0.25, 0.3) is 0 Å². The van der Waals surface area contributed by atoms with Crippen LogP contribution in [0.1, 0.15) is 60.2 Å². The van der Waals surface area contributed by atoms with Crippen molar-refractivity contribution in [2.75, 3.05) is 0 Å². The highest BCUT2D eigenvalue weighted by Gasteiger charge is 2.17. The largest absolute Gasteiger partial charge is 0.350 e. The summed E-state index contributed by atoms with van der Waals surface area (Å²) in [5, 5.41) is 5.99. The van der Waals surface area contributed by atoms with Crippen LogP contribution in [0.2, 0.25) is 0 Å². The van der Waals surface area contributed by atoms with Crippen molar-refractivity contribution < 1.29 is 9.59 Å². The van der Waals surface area contributed by atoms with Crippen LogP contribution in [0.25, 0.3) is 0 Å². The molecule has 2 rings (SSSR count). The van der Waals surface area contributed by atoms with Crippen LogP contribution in [-0.2, 0) is 17.8 Å². The van der Waals surface area contributed by atoms with E-state index >= 15 is 0 Å². The van der Waals surface area contributed by atoms with E-state index in [1.807, 2.05) is 38.3 Å². The lowest BCUT2D eigenvalue weighted by Crippen LogP contribution is -2.27. The number of rotatable bonds is 7. The van der Waals surface area contributed by atoms with Gasteiger partial charge in [0, 0.05) is 16.9 Å². The average Bonchev–Trinajstić information content (AvgIpc) is 3.06. The molecular formula is C19H24N2O2S. The van der Waals surface area contributed by atoms with Crippen molar-refractivity contribution in [1.82, 2.24) is 10.3 Å². The maximum atomic E-state index is 12.3. The molecule has 0 saturated heterocycles. The van der Waals surface area contributed by atoms with Crippen molar-refractivity contribution >= 4 is 23.0 Å². The predicted octanol–water partition coefficient (Wildman–Crippen LogP) is 3.96. The highest BCUT2D eigenvalue weighted by atomic mass is 32.1. The van der Waals surface area contributed by atoms with Gasteiger partial charge in [-0.25, -0.2) is 4.98 Å². The molecule has 0 fully saturated rings. The quantitative estimate of drug-likeness (QED) is 0.773. The zero-order chi connectivity index (χ0) is 17.7. The Morgan fingerprint density at radius 2 is 1.83 bits per heavy atom. The number of aromatic nitrogens is 1. The van der Waals surface area contributed by atoms with Gasteiger partial charge in [0.15, 0.2) is 5.78 Å². The number of ketones is 1. The van der Waals surface area contributed by atoms with Crippen molar-refractivity contribution in [3.05, 3.63) is 51.5 Å². The van der Waals surface area contributed by atoms with E-state index in [0.29, 0.717) is 12.1 Å². The van der Waals surface area contributed by atoms with Gasteiger partial charge in [0.2, 0.25) is 5.91 Å². The lowest BCUT2D eigenvalue weighted by atomic mass is 9.95. The molecule has 1 amide bonds. The van der Waals surface area contributed by atoms with Gasteiger partial charge < -0.3 is 5.32 Å². The normalized spacial score (nSPS) is 12.2. The highest BCUT2D eigenvalue weighted by molar-refractivity contribution is 7.09. The smallest absolute Gasteiger partial charge is 0.227 e. The minimum atomic E-state index is -0.266. The fourth-order valence-corrected chi connectivity index (χ4v) is 3.09. The Labute approximate surface area is 147 Å². The van der Waals surface area contributed by atoms with Gasteiger partial charge in [0.05, 0.1) is 23.2 Å². The molecule has 5 heteroatoms. The van der Waals surface area contributed by atoms with Crippen LogP contribution in [0.3, 0.4) is 0 Å². The molecule has 1 aromatic carbocycles. The summed E-state index contributed by atoms with van der Waals surface area (Å²) >= 11 is 1.62. The fraction of sp³-hybridized carbons (Fsp3) is 0.421. The van der Waals surface area contributed by atoms with E-state index in [1.54, 1.807) is 23.5 Å². The van der Waals surface area contributed by atoms with Crippen LogP contribution in [0, 0.1) is 5.92 Å². The molecule has 1 atom stereocenters. The zero-order valence-electron chi connectivity index (χ0n) is 14.6. The summed E-state index contributed by atoms with van der Waals surface area (Å²) in [5.41, 5.74) is 2.49. The van der Waals surface area contributed by atoms with E-state index in [-0.39, 0.29) is 23.5 Å². The van der Waals surface area contributed by atoms with Gasteiger partial charge in [-0.1, -0.05) is 45.0 Å². The number of carbonyl (C=O) groups is 2. The minimum absolute atomic E-state index is 0.0253. The van der Waals surface area contributed by atoms with Gasteiger partial charge in [-0.15, -0.1) is 11.3 Å². The molecule has 0 aliphatic rings. The lowest BCUT2D eigenvalue weighted by molar-refractivity contribution is -0.122. The number of amides is 1. The molecule has 1 unspecified atom stereocenters. The number of nitrogens with one attached hydrogen (secondary N) is 1. The van der Waals surface area contributed by atoms with E-state index in [0.717, 1.165) is 22.7 Å². The van der Waals surface area contributed by atoms with Crippen LogP contribution >= 0.6 is 11.3 Å². The molecule has 0 aliphatic heterocycles. The third-order valence-corrected chi connectivity index (χ3v) is 5.00. The Hall–Kier alpha value is -2.01. The van der Waals surface area contributed by atoms with Crippen molar-refractivity contribution in [3.8, 4) is 0 Å². The first kappa shape index (κ1) is 18.3. The predicted molar refractivity (Wildman–Crippen MR) is 97.4 cm³/mol. The Morgan fingerprint density at radius 3 is 2.38 bits per heavy atom. The van der Waals surface area contributed by atoms with E-state index in [4.69, 9.17) is 0 Å². The molecule has 0 radical (unpaired) electrons. The topological polar surface area (TPSA) is 59.1 Å². The monoisotopic (exact) mass is 344 g/mol. The standard InChI is InChI=1S/C19H24N2O2S/c1-5-17-21-16(11-24-17)10-20-19(23)13(4)14-6-8-15(9-7-14)18(22)12(2)3/h6-9,11-13H,5,10H2,1-4H3,(H,20,23). The summed E-state index contributed by atoms with van der Waals surface area (Å²) < 4.78 is 0. The summed E-state index contributed by atoms with van der Waals surface area (Å²) in [6, 6.07) is 7.32. The van der Waals surface area contributed by atoms with Crippen molar-refractivity contribution in [2.45, 2.75) is 46.6 Å². The first-order valence-electron chi connectivity index (χ1n) is 8.27. The number of thiazole rings is 1. The Kier molecular flexibility index (Phi) is 6.26. The SMILES string of the molecule is CCc1nc(CNC(=O)C(C)c2ccc(C(=O)C(C)C)cc2)cs1. The van der Waals surface area contributed by atoms with Gasteiger partial charge >= 0.3 is 0 Å². The van der Waals surface area contributed by atoms with Crippen LogP contribution in [0.15, 0.2) is 29.6 Å². The molecule has 1 aromatic heterocycles. The van der Waals surface area contributed by atoms with E-state index < -0.39 is 0 Å². The molecule has 0 saturated carbocycles. The molecule has 1 heterocycles. The Bertz CT molecular complexity index is 704. The molecule has 0 bridgehead atoms. The summed E-state index contributed by atoms with van der Waals surface area (Å²) in [6.07, 6.45) is 0.913. The molecule has 1 N–H and O–H groups in total. The van der Waals surface area contributed by atoms with Gasteiger partial charge in [0.1, 0.15) is 0 Å². The minimum Gasteiger partial charge on any atom is -0.350 e. The number of aryl methyl sites for hydroxylation is 1. The van der Waals surface area contributed by atoms with Crippen LogP contribution in [0.4, 0.5) is 0 Å². The molecule has 4 nitrogen and oxygen atoms in total. The lowest BCUT2D eigenvalue weighted by Gasteiger charge is -2.13. The highest BCUT2D eigenvalue weighted by Crippen LogP contribution is 2.18. The van der Waals surface area contributed by atoms with Crippen molar-refractivity contribution in [2.24, 2.45) is 5.92 Å².